The second-order valence-corrected chi connectivity index (χ2v) is 7.02. The lowest BCUT2D eigenvalue weighted by molar-refractivity contribution is -0.137. The fourth-order valence-electron chi connectivity index (χ4n) is 2.81. The van der Waals surface area contributed by atoms with Gasteiger partial charge in [0.15, 0.2) is 0 Å². The Morgan fingerprint density at radius 1 is 0.923 bits per heavy atom. The van der Waals surface area contributed by atoms with Crippen LogP contribution in [0.5, 0.6) is 0 Å². The van der Waals surface area contributed by atoms with E-state index < -0.39 is 5.38 Å². The molecule has 0 radical (unpaired) electrons. The number of hydrogen-bond acceptors (Lipinski definition) is 2. The van der Waals surface area contributed by atoms with Crippen LogP contribution in [0.1, 0.15) is 44.0 Å². The Bertz CT molecular complexity index is 719. The fraction of sp³-hybridized carbons (Fsp3) is 0.333. The Morgan fingerprint density at radius 3 is 1.92 bits per heavy atom. The highest BCUT2D eigenvalue weighted by Gasteiger charge is 2.27. The Morgan fingerprint density at radius 2 is 1.42 bits per heavy atom. The molecule has 26 heavy (non-hydrogen) atoms. The quantitative estimate of drug-likeness (QED) is 0.744. The van der Waals surface area contributed by atoms with Crippen LogP contribution in [0.4, 0.5) is 0 Å². The van der Waals surface area contributed by atoms with Crippen LogP contribution >= 0.6 is 11.6 Å². The predicted molar refractivity (Wildman–Crippen MR) is 105 cm³/mol. The lowest BCUT2D eigenvalue weighted by Crippen LogP contribution is -2.45. The molecular weight excluding hydrogens is 348 g/mol. The topological polar surface area (TPSA) is 49.4 Å². The van der Waals surface area contributed by atoms with Crippen LogP contribution in [0.15, 0.2) is 60.7 Å². The van der Waals surface area contributed by atoms with Crippen molar-refractivity contribution in [2.45, 2.75) is 38.2 Å². The third-order valence-electron chi connectivity index (χ3n) is 4.36. The van der Waals surface area contributed by atoms with E-state index in [0.29, 0.717) is 0 Å². The minimum absolute atomic E-state index is 0.0386. The number of halogens is 1. The van der Waals surface area contributed by atoms with E-state index in [1.165, 1.54) is 4.90 Å². The summed E-state index contributed by atoms with van der Waals surface area (Å²) in [5.41, 5.74) is 1.97. The monoisotopic (exact) mass is 372 g/mol. The smallest absolute Gasteiger partial charge is 0.241 e. The van der Waals surface area contributed by atoms with Gasteiger partial charge in [-0.2, -0.15) is 0 Å². The summed E-state index contributed by atoms with van der Waals surface area (Å²) in [7, 11) is 0. The molecular formula is C21H25ClN2O2. The summed E-state index contributed by atoms with van der Waals surface area (Å²) >= 11 is 6.02. The van der Waals surface area contributed by atoms with Gasteiger partial charge in [-0.1, -0.05) is 60.7 Å². The number of hydrogen-bond donors (Lipinski definition) is 1. The highest BCUT2D eigenvalue weighted by molar-refractivity contribution is 6.30. The summed E-state index contributed by atoms with van der Waals surface area (Å²) in [5.74, 6) is -0.472. The zero-order valence-corrected chi connectivity index (χ0v) is 16.1. The van der Waals surface area contributed by atoms with Crippen LogP contribution < -0.4 is 5.32 Å². The molecule has 0 fully saturated rings. The van der Waals surface area contributed by atoms with Crippen molar-refractivity contribution in [1.82, 2.24) is 10.2 Å². The van der Waals surface area contributed by atoms with Gasteiger partial charge in [-0.25, -0.2) is 0 Å². The summed E-state index contributed by atoms with van der Waals surface area (Å²) in [4.78, 5) is 26.6. The Balaban J connectivity index is 2.11. The minimum atomic E-state index is -0.694. The molecule has 5 heteroatoms. The van der Waals surface area contributed by atoms with Crippen molar-refractivity contribution in [1.29, 1.82) is 0 Å². The average molecular weight is 373 g/mol. The Hall–Kier alpha value is -2.33. The normalized spacial score (nSPS) is 14.2. The Labute approximate surface area is 160 Å². The van der Waals surface area contributed by atoms with Crippen LogP contribution in [-0.4, -0.2) is 28.6 Å². The van der Waals surface area contributed by atoms with E-state index in [2.05, 4.69) is 5.32 Å². The number of carbonyl (C=O) groups is 2. The van der Waals surface area contributed by atoms with Crippen LogP contribution in [0, 0.1) is 0 Å². The van der Waals surface area contributed by atoms with Crippen LogP contribution in [0.3, 0.4) is 0 Å². The molecule has 138 valence electrons. The molecule has 0 saturated carbocycles. The number of alkyl halides is 1. The minimum Gasteiger partial charge on any atom is -0.348 e. The van der Waals surface area contributed by atoms with Gasteiger partial charge < -0.3 is 10.2 Å². The van der Waals surface area contributed by atoms with Gasteiger partial charge in [0, 0.05) is 0 Å². The van der Waals surface area contributed by atoms with Gasteiger partial charge in [0.25, 0.3) is 0 Å². The van der Waals surface area contributed by atoms with Crippen molar-refractivity contribution in [2.75, 3.05) is 6.54 Å². The molecule has 2 aromatic rings. The first-order valence-corrected chi connectivity index (χ1v) is 9.17. The predicted octanol–water partition coefficient (Wildman–Crippen LogP) is 4.08. The number of rotatable bonds is 7. The number of amides is 2. The molecule has 0 aliphatic carbocycles. The van der Waals surface area contributed by atoms with Gasteiger partial charge >= 0.3 is 0 Å². The number of benzene rings is 2. The first-order chi connectivity index (χ1) is 12.4. The Kier molecular flexibility index (Phi) is 7.22. The van der Waals surface area contributed by atoms with E-state index in [-0.39, 0.29) is 30.4 Å². The number of carbonyl (C=O) groups excluding carboxylic acids is 2. The summed E-state index contributed by atoms with van der Waals surface area (Å²) < 4.78 is 0. The van der Waals surface area contributed by atoms with Gasteiger partial charge in [-0.3, -0.25) is 9.59 Å². The van der Waals surface area contributed by atoms with E-state index in [1.54, 1.807) is 6.92 Å². The molecule has 3 atom stereocenters. The molecule has 0 heterocycles. The first kappa shape index (κ1) is 20.0. The van der Waals surface area contributed by atoms with Gasteiger partial charge in [-0.15, -0.1) is 11.6 Å². The molecule has 1 N–H and O–H groups in total. The molecule has 0 spiro atoms. The molecule has 0 aliphatic heterocycles. The second-order valence-electron chi connectivity index (χ2n) is 6.37. The summed E-state index contributed by atoms with van der Waals surface area (Å²) in [6.45, 7) is 5.41. The molecule has 2 rings (SSSR count). The lowest BCUT2D eigenvalue weighted by atomic mass is 10.1. The van der Waals surface area contributed by atoms with Crippen molar-refractivity contribution < 1.29 is 9.59 Å². The summed E-state index contributed by atoms with van der Waals surface area (Å²) in [5, 5.41) is 2.26. The van der Waals surface area contributed by atoms with Crippen molar-refractivity contribution in [2.24, 2.45) is 0 Å². The zero-order chi connectivity index (χ0) is 19.1. The molecule has 2 amide bonds. The second kappa shape index (κ2) is 9.39. The summed E-state index contributed by atoms with van der Waals surface area (Å²) in [6, 6.07) is 18.9. The van der Waals surface area contributed by atoms with Crippen molar-refractivity contribution in [3.8, 4) is 0 Å². The van der Waals surface area contributed by atoms with Crippen molar-refractivity contribution in [3.05, 3.63) is 71.8 Å². The van der Waals surface area contributed by atoms with E-state index >= 15 is 0 Å². The number of nitrogens with one attached hydrogen (secondary N) is 1. The van der Waals surface area contributed by atoms with Gasteiger partial charge in [0.05, 0.1) is 12.1 Å². The molecule has 0 unspecified atom stereocenters. The molecule has 0 saturated heterocycles. The van der Waals surface area contributed by atoms with Gasteiger partial charge in [-0.05, 0) is 31.9 Å². The van der Waals surface area contributed by atoms with Crippen LogP contribution in [0.25, 0.3) is 0 Å². The highest BCUT2D eigenvalue weighted by Crippen LogP contribution is 2.22. The van der Waals surface area contributed by atoms with Crippen molar-refractivity contribution >= 4 is 23.4 Å². The fourth-order valence-corrected chi connectivity index (χ4v) is 2.94. The molecule has 0 aliphatic rings. The lowest BCUT2D eigenvalue weighted by Gasteiger charge is -2.30. The first-order valence-electron chi connectivity index (χ1n) is 8.74. The van der Waals surface area contributed by atoms with Gasteiger partial charge in [0.2, 0.25) is 11.8 Å². The van der Waals surface area contributed by atoms with E-state index in [9.17, 15) is 9.59 Å². The maximum Gasteiger partial charge on any atom is 0.241 e. The molecule has 0 bridgehead atoms. The van der Waals surface area contributed by atoms with E-state index in [1.807, 2.05) is 74.5 Å². The third-order valence-corrected chi connectivity index (χ3v) is 4.55. The third kappa shape index (κ3) is 5.33. The number of nitrogens with zero attached hydrogens (tertiary/aromatic N) is 1. The molecule has 0 aromatic heterocycles. The average Bonchev–Trinajstić information content (AvgIpc) is 2.66. The maximum atomic E-state index is 12.6. The maximum absolute atomic E-state index is 12.6. The largest absolute Gasteiger partial charge is 0.348 e. The SMILES string of the molecule is C[C@H](NC(=O)CN(C(=O)[C@@H](C)Cl)[C@@H](C)c1ccccc1)c1ccccc1. The highest BCUT2D eigenvalue weighted by atomic mass is 35.5. The van der Waals surface area contributed by atoms with E-state index in [4.69, 9.17) is 11.6 Å². The zero-order valence-electron chi connectivity index (χ0n) is 15.4. The van der Waals surface area contributed by atoms with Crippen LogP contribution in [-0.2, 0) is 9.59 Å². The van der Waals surface area contributed by atoms with E-state index in [0.717, 1.165) is 11.1 Å². The molecule has 4 nitrogen and oxygen atoms in total. The molecule has 2 aromatic carbocycles. The standard InChI is InChI=1S/C21H25ClN2O2/c1-15(22)21(26)24(17(3)19-12-8-5-9-13-19)14-20(25)23-16(2)18-10-6-4-7-11-18/h4-13,15-17H,14H2,1-3H3,(H,23,25)/t15-,16+,17+/m1/s1. The van der Waals surface area contributed by atoms with Crippen molar-refractivity contribution in [3.63, 3.8) is 0 Å². The van der Waals surface area contributed by atoms with Crippen LogP contribution in [0.2, 0.25) is 0 Å². The summed E-state index contributed by atoms with van der Waals surface area (Å²) in [6.07, 6.45) is 0. The van der Waals surface area contributed by atoms with Gasteiger partial charge in [0.1, 0.15) is 11.9 Å².